The summed E-state index contributed by atoms with van der Waals surface area (Å²) in [4.78, 5) is 0. The summed E-state index contributed by atoms with van der Waals surface area (Å²) >= 11 is 0. The molecule has 0 unspecified atom stereocenters. The van der Waals surface area contributed by atoms with Crippen molar-refractivity contribution in [1.29, 1.82) is 0 Å². The van der Waals surface area contributed by atoms with Crippen molar-refractivity contribution < 1.29 is 4.74 Å². The molecule has 0 amide bonds. The van der Waals surface area contributed by atoms with Crippen LogP contribution in [-0.4, -0.2) is 12.6 Å². The third-order valence-corrected chi connectivity index (χ3v) is 2.92. The van der Waals surface area contributed by atoms with E-state index in [0.717, 1.165) is 31.4 Å². The first kappa shape index (κ1) is 12.2. The van der Waals surface area contributed by atoms with Crippen LogP contribution in [0.2, 0.25) is 0 Å². The predicted molar refractivity (Wildman–Crippen MR) is 71.2 cm³/mol. The SMILES string of the molecule is C=C(C)CCOc1ccccc1CNC1CC1. The van der Waals surface area contributed by atoms with Gasteiger partial charge in [0.1, 0.15) is 5.75 Å². The second kappa shape index (κ2) is 5.87. The van der Waals surface area contributed by atoms with E-state index in [1.807, 2.05) is 19.1 Å². The summed E-state index contributed by atoms with van der Waals surface area (Å²) < 4.78 is 5.80. The molecule has 0 atom stereocenters. The van der Waals surface area contributed by atoms with Crippen molar-refractivity contribution >= 4 is 0 Å². The van der Waals surface area contributed by atoms with Gasteiger partial charge in [0.05, 0.1) is 6.61 Å². The van der Waals surface area contributed by atoms with Crippen LogP contribution in [0.4, 0.5) is 0 Å². The van der Waals surface area contributed by atoms with Gasteiger partial charge in [-0.2, -0.15) is 0 Å². The lowest BCUT2D eigenvalue weighted by atomic mass is 10.2. The molecule has 1 aromatic rings. The number of ether oxygens (including phenoxy) is 1. The van der Waals surface area contributed by atoms with Gasteiger partial charge in [-0.15, -0.1) is 6.58 Å². The summed E-state index contributed by atoms with van der Waals surface area (Å²) in [5.74, 6) is 1.00. The second-order valence-corrected chi connectivity index (χ2v) is 4.82. The van der Waals surface area contributed by atoms with E-state index >= 15 is 0 Å². The van der Waals surface area contributed by atoms with E-state index in [4.69, 9.17) is 4.74 Å². The molecule has 2 nitrogen and oxygen atoms in total. The molecule has 0 aromatic heterocycles. The van der Waals surface area contributed by atoms with Gasteiger partial charge in [-0.25, -0.2) is 0 Å². The molecule has 92 valence electrons. The first-order valence-corrected chi connectivity index (χ1v) is 6.34. The normalized spacial score (nSPS) is 14.6. The molecule has 0 spiro atoms. The molecule has 2 heteroatoms. The van der Waals surface area contributed by atoms with Crippen molar-refractivity contribution in [3.05, 3.63) is 42.0 Å². The van der Waals surface area contributed by atoms with E-state index < -0.39 is 0 Å². The Morgan fingerprint density at radius 1 is 1.41 bits per heavy atom. The van der Waals surface area contributed by atoms with Crippen LogP contribution in [0.25, 0.3) is 0 Å². The molecule has 17 heavy (non-hydrogen) atoms. The van der Waals surface area contributed by atoms with Gasteiger partial charge in [-0.3, -0.25) is 0 Å². The number of nitrogens with one attached hydrogen (secondary N) is 1. The molecule has 1 aliphatic carbocycles. The number of hydrogen-bond donors (Lipinski definition) is 1. The molecule has 0 aliphatic heterocycles. The van der Waals surface area contributed by atoms with E-state index in [1.165, 1.54) is 24.0 Å². The Labute approximate surface area is 104 Å². The minimum atomic E-state index is 0.718. The number of para-hydroxylation sites is 1. The monoisotopic (exact) mass is 231 g/mol. The summed E-state index contributed by atoms with van der Waals surface area (Å²) in [6.45, 7) is 7.54. The minimum absolute atomic E-state index is 0.718. The van der Waals surface area contributed by atoms with Gasteiger partial charge in [0, 0.05) is 24.6 Å². The van der Waals surface area contributed by atoms with Crippen LogP contribution in [0.5, 0.6) is 5.75 Å². The fraction of sp³-hybridized carbons (Fsp3) is 0.467. The van der Waals surface area contributed by atoms with Crippen LogP contribution in [0, 0.1) is 0 Å². The van der Waals surface area contributed by atoms with Crippen molar-refractivity contribution in [2.45, 2.75) is 38.8 Å². The molecule has 1 aromatic carbocycles. The molecule has 0 radical (unpaired) electrons. The zero-order chi connectivity index (χ0) is 12.1. The van der Waals surface area contributed by atoms with Crippen molar-refractivity contribution in [1.82, 2.24) is 5.32 Å². The zero-order valence-corrected chi connectivity index (χ0v) is 10.5. The third kappa shape index (κ3) is 4.23. The van der Waals surface area contributed by atoms with Crippen LogP contribution in [0.1, 0.15) is 31.7 Å². The van der Waals surface area contributed by atoms with Gasteiger partial charge in [0.2, 0.25) is 0 Å². The van der Waals surface area contributed by atoms with E-state index in [0.29, 0.717) is 0 Å². The van der Waals surface area contributed by atoms with Crippen LogP contribution < -0.4 is 10.1 Å². The minimum Gasteiger partial charge on any atom is -0.493 e. The Morgan fingerprint density at radius 3 is 2.88 bits per heavy atom. The largest absolute Gasteiger partial charge is 0.493 e. The Kier molecular flexibility index (Phi) is 4.21. The van der Waals surface area contributed by atoms with Crippen molar-refractivity contribution in [3.63, 3.8) is 0 Å². The topological polar surface area (TPSA) is 21.3 Å². The Balaban J connectivity index is 1.87. The Hall–Kier alpha value is -1.28. The van der Waals surface area contributed by atoms with E-state index in [-0.39, 0.29) is 0 Å². The zero-order valence-electron chi connectivity index (χ0n) is 10.5. The van der Waals surface area contributed by atoms with Crippen molar-refractivity contribution in [3.8, 4) is 5.75 Å². The molecule has 0 saturated heterocycles. The number of benzene rings is 1. The summed E-state index contributed by atoms with van der Waals surface area (Å²) in [5.41, 5.74) is 2.42. The van der Waals surface area contributed by atoms with Crippen molar-refractivity contribution in [2.24, 2.45) is 0 Å². The standard InChI is InChI=1S/C15H21NO/c1-12(2)9-10-17-15-6-4-3-5-13(15)11-16-14-7-8-14/h3-6,14,16H,1,7-11H2,2H3. The molecular formula is C15H21NO. The first-order valence-electron chi connectivity index (χ1n) is 6.34. The number of hydrogen-bond acceptors (Lipinski definition) is 2. The van der Waals surface area contributed by atoms with E-state index in [1.54, 1.807) is 0 Å². The predicted octanol–water partition coefficient (Wildman–Crippen LogP) is 3.28. The van der Waals surface area contributed by atoms with Gasteiger partial charge < -0.3 is 10.1 Å². The molecule has 1 N–H and O–H groups in total. The van der Waals surface area contributed by atoms with E-state index in [2.05, 4.69) is 24.0 Å². The van der Waals surface area contributed by atoms with Crippen LogP contribution in [-0.2, 0) is 6.54 Å². The highest BCUT2D eigenvalue weighted by molar-refractivity contribution is 5.33. The van der Waals surface area contributed by atoms with Gasteiger partial charge in [-0.1, -0.05) is 23.8 Å². The molecule has 0 heterocycles. The molecule has 1 aliphatic rings. The lowest BCUT2D eigenvalue weighted by Gasteiger charge is -2.11. The van der Waals surface area contributed by atoms with Crippen molar-refractivity contribution in [2.75, 3.05) is 6.61 Å². The molecular weight excluding hydrogens is 210 g/mol. The summed E-state index contributed by atoms with van der Waals surface area (Å²) in [7, 11) is 0. The van der Waals surface area contributed by atoms with Gasteiger partial charge in [0.15, 0.2) is 0 Å². The maximum atomic E-state index is 5.80. The highest BCUT2D eigenvalue weighted by atomic mass is 16.5. The average molecular weight is 231 g/mol. The quantitative estimate of drug-likeness (QED) is 0.727. The molecule has 1 fully saturated rings. The van der Waals surface area contributed by atoms with Gasteiger partial charge in [0.25, 0.3) is 0 Å². The smallest absolute Gasteiger partial charge is 0.123 e. The lowest BCUT2D eigenvalue weighted by molar-refractivity contribution is 0.317. The average Bonchev–Trinajstić information content (AvgIpc) is 3.11. The van der Waals surface area contributed by atoms with Gasteiger partial charge >= 0.3 is 0 Å². The van der Waals surface area contributed by atoms with Crippen LogP contribution in [0.3, 0.4) is 0 Å². The fourth-order valence-electron chi connectivity index (χ4n) is 1.67. The summed E-state index contributed by atoms with van der Waals surface area (Å²) in [6.07, 6.45) is 3.56. The van der Waals surface area contributed by atoms with Crippen LogP contribution >= 0.6 is 0 Å². The van der Waals surface area contributed by atoms with E-state index in [9.17, 15) is 0 Å². The number of rotatable bonds is 7. The third-order valence-electron chi connectivity index (χ3n) is 2.92. The maximum absolute atomic E-state index is 5.80. The highest BCUT2D eigenvalue weighted by Crippen LogP contribution is 2.22. The lowest BCUT2D eigenvalue weighted by Crippen LogP contribution is -2.16. The Bertz CT molecular complexity index is 382. The summed E-state index contributed by atoms with van der Waals surface area (Å²) in [5, 5.41) is 3.51. The maximum Gasteiger partial charge on any atom is 0.123 e. The fourth-order valence-corrected chi connectivity index (χ4v) is 1.67. The summed E-state index contributed by atoms with van der Waals surface area (Å²) in [6, 6.07) is 9.00. The molecule has 0 bridgehead atoms. The molecule has 2 rings (SSSR count). The molecule has 1 saturated carbocycles. The Morgan fingerprint density at radius 2 is 2.18 bits per heavy atom. The second-order valence-electron chi connectivity index (χ2n) is 4.82. The highest BCUT2D eigenvalue weighted by Gasteiger charge is 2.20. The van der Waals surface area contributed by atoms with Gasteiger partial charge in [-0.05, 0) is 25.8 Å². The first-order chi connectivity index (χ1) is 8.25. The van der Waals surface area contributed by atoms with Crippen LogP contribution in [0.15, 0.2) is 36.4 Å².